The standard InChI is InChI=1S/C44H56N2O6.C36H50N2O5.C2H2.3CH4/c1-30(2)23-38(45-42(50)35(22-21-32-15-9-6-10-16-32)27-37(47)26-34-19-13-8-14-20-34)40(48)28-36(25-33-17-11-7-12-18-33)43(51)46-39(24-31(3)4)41(49)44(5)29-52-44;1-24(2)19-30(37-34(41)26(5)17-18-27-13-9-7-10-14-27)32(39)22-29(21-28-15-11-8-12-16-28)35(42)38-31(20-25(3)4)33(40)36(6)23-43-36;1-2;;;/h6-20,30-31,35-36,38-39H,21-29H2,1-5H3,(H,45,50)(H,46,51);7-16,24-26,29-31H,17-23H2,1-6H3,(H,37,41)(H,38,42);1-2H;3*1H4/t35-,36-,38+,39+,44-;26-,29+,30-,31-,36+;;;;/m10..../s1. The van der Waals surface area contributed by atoms with Crippen molar-refractivity contribution < 1.29 is 52.6 Å². The molecule has 7 rings (SSSR count). The molecule has 2 aliphatic rings. The van der Waals surface area contributed by atoms with Crippen LogP contribution in [0.5, 0.6) is 0 Å². The molecule has 0 aromatic heterocycles. The zero-order valence-electron chi connectivity index (χ0n) is 59.3. The summed E-state index contributed by atoms with van der Waals surface area (Å²) < 4.78 is 10.8. The average Bonchev–Trinajstić information content (AvgIpc) is 1.64. The molecule has 0 saturated carbocycles. The largest absolute Gasteiger partial charge is 0.361 e. The van der Waals surface area contributed by atoms with Gasteiger partial charge in [0.1, 0.15) is 17.0 Å². The first-order valence-corrected chi connectivity index (χ1v) is 34.9. The van der Waals surface area contributed by atoms with Crippen molar-refractivity contribution >= 4 is 52.5 Å². The Labute approximate surface area is 600 Å². The lowest BCUT2D eigenvalue weighted by molar-refractivity contribution is -0.135. The van der Waals surface area contributed by atoms with Gasteiger partial charge in [0.05, 0.1) is 37.4 Å². The minimum Gasteiger partial charge on any atom is -0.361 e. The first-order valence-electron chi connectivity index (χ1n) is 34.9. The van der Waals surface area contributed by atoms with E-state index in [1.165, 1.54) is 5.56 Å². The Morgan fingerprint density at radius 2 is 0.660 bits per heavy atom. The molecule has 2 heterocycles. The molecule has 5 aromatic rings. The SMILES string of the molecule is C.C.C.C#C.CC(C)C[C@H](NC(=O)[C@@H](C)CCc1ccccc1)C(=O)C[C@@H](Cc1ccccc1)C(=O)N[C@@H](CC(C)C)C(=O)[C@@]1(C)CO1.CC(C)C[C@H](NC(=O)[C@H](CCc1ccccc1)CC(=O)Cc1ccccc1)C(=O)C[C@@H](Cc1ccccc1)C(=O)N[C@@H](CC(C)C)C(=O)[C@@]1(C)CO1. The summed E-state index contributed by atoms with van der Waals surface area (Å²) in [6.07, 6.45) is 13.1. The predicted molar refractivity (Wildman–Crippen MR) is 403 cm³/mol. The van der Waals surface area contributed by atoms with Gasteiger partial charge in [0.15, 0.2) is 23.1 Å². The van der Waals surface area contributed by atoms with E-state index >= 15 is 0 Å². The number of nitrogens with one attached hydrogen (secondary N) is 4. The summed E-state index contributed by atoms with van der Waals surface area (Å²) in [5.74, 6) is -3.71. The van der Waals surface area contributed by atoms with Gasteiger partial charge in [-0.2, -0.15) is 0 Å². The number of hydrogen-bond acceptors (Lipinski definition) is 11. The van der Waals surface area contributed by atoms with Crippen LogP contribution in [-0.2, 0) is 84.7 Å². The second-order valence-corrected chi connectivity index (χ2v) is 28.7. The predicted octanol–water partition coefficient (Wildman–Crippen LogP) is 14.3. The van der Waals surface area contributed by atoms with Crippen LogP contribution in [0.15, 0.2) is 152 Å². The molecule has 0 unspecified atom stereocenters. The number of rotatable bonds is 40. The minimum absolute atomic E-state index is 0. The van der Waals surface area contributed by atoms with Gasteiger partial charge in [-0.05, 0) is 130 Å². The van der Waals surface area contributed by atoms with E-state index in [0.717, 1.165) is 28.7 Å². The van der Waals surface area contributed by atoms with E-state index in [-0.39, 0.29) is 130 Å². The van der Waals surface area contributed by atoms with Crippen LogP contribution in [0.3, 0.4) is 0 Å². The van der Waals surface area contributed by atoms with E-state index in [4.69, 9.17) is 9.47 Å². The molecular weight excluding hydrogens is 1250 g/mol. The first-order chi connectivity index (χ1) is 46.2. The molecule has 2 fully saturated rings. The number of epoxide rings is 2. The molecule has 0 radical (unpaired) electrons. The molecule has 4 amide bonds. The minimum atomic E-state index is -0.899. The van der Waals surface area contributed by atoms with Crippen LogP contribution in [0, 0.1) is 60.2 Å². The fourth-order valence-corrected chi connectivity index (χ4v) is 12.0. The zero-order valence-corrected chi connectivity index (χ0v) is 59.3. The maximum absolute atomic E-state index is 14.2. The molecule has 5 aromatic carbocycles. The molecule has 546 valence electrons. The van der Waals surface area contributed by atoms with Gasteiger partial charge >= 0.3 is 0 Å². The third-order valence-electron chi connectivity index (χ3n) is 17.9. The fraction of sp³-hybridized carbons (Fsp3) is 0.518. The Balaban J connectivity index is 0.000000655. The quantitative estimate of drug-likeness (QED) is 0.0213. The molecule has 2 saturated heterocycles. The Morgan fingerprint density at radius 1 is 0.380 bits per heavy atom. The monoisotopic (exact) mass is 1370 g/mol. The second-order valence-electron chi connectivity index (χ2n) is 28.7. The third kappa shape index (κ3) is 30.7. The number of aryl methyl sites for hydroxylation is 2. The van der Waals surface area contributed by atoms with Crippen molar-refractivity contribution in [1.29, 1.82) is 0 Å². The van der Waals surface area contributed by atoms with Crippen LogP contribution in [0.2, 0.25) is 0 Å². The normalized spacial score (nSPS) is 17.2. The number of terminal acetylenes is 1. The van der Waals surface area contributed by atoms with Crippen LogP contribution in [0.1, 0.15) is 184 Å². The van der Waals surface area contributed by atoms with Gasteiger partial charge in [-0.1, -0.05) is 236 Å². The summed E-state index contributed by atoms with van der Waals surface area (Å²) in [6, 6.07) is 45.5. The number of carbonyl (C=O) groups is 9. The maximum atomic E-state index is 14.2. The van der Waals surface area contributed by atoms with E-state index in [1.54, 1.807) is 13.8 Å². The van der Waals surface area contributed by atoms with E-state index in [2.05, 4.69) is 34.1 Å². The Hall–Kier alpha value is -8.19. The lowest BCUT2D eigenvalue weighted by Crippen LogP contribution is -2.50. The van der Waals surface area contributed by atoms with Gasteiger partial charge in [-0.15, -0.1) is 12.8 Å². The fourth-order valence-electron chi connectivity index (χ4n) is 12.0. The Bertz CT molecular complexity index is 3310. The van der Waals surface area contributed by atoms with Gasteiger partial charge in [0.2, 0.25) is 23.6 Å². The highest BCUT2D eigenvalue weighted by Gasteiger charge is 2.51. The smallest absolute Gasteiger partial charge is 0.224 e. The van der Waals surface area contributed by atoms with Gasteiger partial charge in [0, 0.05) is 49.4 Å². The summed E-state index contributed by atoms with van der Waals surface area (Å²) in [5, 5.41) is 12.0. The van der Waals surface area contributed by atoms with Crippen molar-refractivity contribution in [2.24, 2.45) is 47.3 Å². The van der Waals surface area contributed by atoms with Crippen LogP contribution in [0.4, 0.5) is 0 Å². The van der Waals surface area contributed by atoms with Gasteiger partial charge in [-0.25, -0.2) is 0 Å². The van der Waals surface area contributed by atoms with Crippen molar-refractivity contribution in [3.05, 3.63) is 179 Å². The maximum Gasteiger partial charge on any atom is 0.224 e. The van der Waals surface area contributed by atoms with Crippen LogP contribution >= 0.6 is 0 Å². The van der Waals surface area contributed by atoms with Gasteiger partial charge < -0.3 is 30.7 Å². The van der Waals surface area contributed by atoms with Crippen molar-refractivity contribution in [3.63, 3.8) is 0 Å². The number of Topliss-reactive ketones (excluding diaryl/α,β-unsaturated/α-hetero) is 5. The molecule has 15 heteroatoms. The molecule has 100 heavy (non-hydrogen) atoms. The first kappa shape index (κ1) is 87.9. The van der Waals surface area contributed by atoms with Gasteiger partial charge in [0.25, 0.3) is 0 Å². The van der Waals surface area contributed by atoms with Gasteiger partial charge in [-0.3, -0.25) is 43.2 Å². The second kappa shape index (κ2) is 44.1. The number of amides is 4. The van der Waals surface area contributed by atoms with Crippen LogP contribution < -0.4 is 21.3 Å². The molecule has 0 bridgehead atoms. The molecule has 15 nitrogen and oxygen atoms in total. The molecule has 4 N–H and O–H groups in total. The Morgan fingerprint density at radius 3 is 0.990 bits per heavy atom. The number of hydrogen-bond donors (Lipinski definition) is 4. The average molecular weight is 1370 g/mol. The summed E-state index contributed by atoms with van der Waals surface area (Å²) >= 11 is 0. The molecule has 0 aliphatic carbocycles. The van der Waals surface area contributed by atoms with E-state index in [0.29, 0.717) is 71.0 Å². The van der Waals surface area contributed by atoms with Crippen molar-refractivity contribution in [3.8, 4) is 12.8 Å². The molecular formula is C85H120N4O11. The van der Waals surface area contributed by atoms with Crippen LogP contribution in [0.25, 0.3) is 0 Å². The number of ketones is 5. The Kier molecular flexibility index (Phi) is 38.8. The van der Waals surface area contributed by atoms with E-state index < -0.39 is 53.1 Å². The number of benzene rings is 5. The topological polar surface area (TPSA) is 227 Å². The summed E-state index contributed by atoms with van der Waals surface area (Å²) in [4.78, 5) is 123. The van der Waals surface area contributed by atoms with E-state index in [1.807, 2.05) is 214 Å². The molecule has 2 aliphatic heterocycles. The third-order valence-corrected chi connectivity index (χ3v) is 17.9. The molecule has 10 atom stereocenters. The van der Waals surface area contributed by atoms with Crippen LogP contribution in [-0.4, -0.2) is 101 Å². The van der Waals surface area contributed by atoms with Crippen molar-refractivity contribution in [2.75, 3.05) is 13.2 Å². The zero-order chi connectivity index (χ0) is 71.2. The van der Waals surface area contributed by atoms with Crippen molar-refractivity contribution in [2.45, 2.75) is 224 Å². The lowest BCUT2D eigenvalue weighted by atomic mass is 9.87. The summed E-state index contributed by atoms with van der Waals surface area (Å²) in [7, 11) is 0. The van der Waals surface area contributed by atoms with Crippen molar-refractivity contribution in [1.82, 2.24) is 21.3 Å². The highest BCUT2D eigenvalue weighted by atomic mass is 16.6. The van der Waals surface area contributed by atoms with E-state index in [9.17, 15) is 43.2 Å². The lowest BCUT2D eigenvalue weighted by Gasteiger charge is -2.27. The highest BCUT2D eigenvalue weighted by Crippen LogP contribution is 2.32. The number of ether oxygens (including phenoxy) is 2. The summed E-state index contributed by atoms with van der Waals surface area (Å²) in [6.45, 7) is 22.1. The number of carbonyl (C=O) groups excluding carboxylic acids is 9. The molecule has 0 spiro atoms. The highest BCUT2D eigenvalue weighted by molar-refractivity contribution is 5.99. The summed E-state index contributed by atoms with van der Waals surface area (Å²) in [5.41, 5.74) is 3.19.